The normalized spacial score (nSPS) is 17.0. The number of halogens is 1. The molecule has 0 bridgehead atoms. The molecule has 1 aliphatic rings. The second-order valence-corrected chi connectivity index (χ2v) is 7.99. The molecule has 6 nitrogen and oxygen atoms in total. The molecule has 1 atom stereocenters. The third-order valence-electron chi connectivity index (χ3n) is 6.05. The van der Waals surface area contributed by atoms with Gasteiger partial charge >= 0.3 is 5.97 Å². The van der Waals surface area contributed by atoms with E-state index in [9.17, 15) is 14.0 Å². The molecule has 0 saturated carbocycles. The molecular weight excluding hydrogens is 423 g/mol. The predicted molar refractivity (Wildman–Crippen MR) is 121 cm³/mol. The van der Waals surface area contributed by atoms with Gasteiger partial charge in [0.1, 0.15) is 22.8 Å². The SMILES string of the molecule is CCc1cc(C(=O)N[C@]2(c3ccc(C)c(F)c3)CCOc3cccnc32)ccc1C(=O)OC. The van der Waals surface area contributed by atoms with E-state index in [-0.39, 0.29) is 11.7 Å². The van der Waals surface area contributed by atoms with Crippen LogP contribution in [-0.4, -0.2) is 30.6 Å². The molecule has 0 unspecified atom stereocenters. The van der Waals surface area contributed by atoms with Crippen LogP contribution in [0.15, 0.2) is 54.7 Å². The van der Waals surface area contributed by atoms with Gasteiger partial charge in [0.15, 0.2) is 0 Å². The summed E-state index contributed by atoms with van der Waals surface area (Å²) in [6.45, 7) is 3.92. The van der Waals surface area contributed by atoms with Crippen LogP contribution in [0.25, 0.3) is 0 Å². The summed E-state index contributed by atoms with van der Waals surface area (Å²) in [4.78, 5) is 30.0. The van der Waals surface area contributed by atoms with Crippen molar-refractivity contribution in [1.29, 1.82) is 0 Å². The van der Waals surface area contributed by atoms with Crippen LogP contribution in [0, 0.1) is 12.7 Å². The third-order valence-corrected chi connectivity index (χ3v) is 6.05. The lowest BCUT2D eigenvalue weighted by molar-refractivity contribution is 0.0599. The number of pyridine rings is 1. The summed E-state index contributed by atoms with van der Waals surface area (Å²) >= 11 is 0. The number of rotatable bonds is 5. The number of aromatic nitrogens is 1. The van der Waals surface area contributed by atoms with Crippen LogP contribution < -0.4 is 10.1 Å². The molecule has 7 heteroatoms. The van der Waals surface area contributed by atoms with Gasteiger partial charge in [-0.1, -0.05) is 19.1 Å². The van der Waals surface area contributed by atoms with Gasteiger partial charge in [0.2, 0.25) is 0 Å². The van der Waals surface area contributed by atoms with E-state index < -0.39 is 11.5 Å². The summed E-state index contributed by atoms with van der Waals surface area (Å²) in [5, 5.41) is 3.12. The number of amides is 1. The average Bonchev–Trinajstić information content (AvgIpc) is 2.84. The van der Waals surface area contributed by atoms with E-state index in [0.717, 1.165) is 0 Å². The van der Waals surface area contributed by atoms with Crippen LogP contribution in [0.4, 0.5) is 4.39 Å². The minimum Gasteiger partial charge on any atom is -0.491 e. The minimum absolute atomic E-state index is 0.329. The zero-order valence-corrected chi connectivity index (χ0v) is 18.8. The van der Waals surface area contributed by atoms with Crippen molar-refractivity contribution in [1.82, 2.24) is 10.3 Å². The van der Waals surface area contributed by atoms with Crippen molar-refractivity contribution in [3.63, 3.8) is 0 Å². The molecule has 33 heavy (non-hydrogen) atoms. The molecule has 2 aromatic carbocycles. The van der Waals surface area contributed by atoms with Crippen LogP contribution in [0.1, 0.15) is 56.4 Å². The van der Waals surface area contributed by atoms with Crippen LogP contribution >= 0.6 is 0 Å². The fraction of sp³-hybridized carbons (Fsp3) is 0.269. The first kappa shape index (κ1) is 22.5. The van der Waals surface area contributed by atoms with Gasteiger partial charge in [0.25, 0.3) is 5.91 Å². The molecule has 170 valence electrons. The van der Waals surface area contributed by atoms with Crippen molar-refractivity contribution in [3.05, 3.63) is 94.1 Å². The number of benzene rings is 2. The number of nitrogens with zero attached hydrogens (tertiary/aromatic N) is 1. The van der Waals surface area contributed by atoms with E-state index in [1.54, 1.807) is 55.6 Å². The number of methoxy groups -OCH3 is 1. The maximum atomic E-state index is 14.6. The topological polar surface area (TPSA) is 77.5 Å². The Kier molecular flexibility index (Phi) is 6.14. The fourth-order valence-corrected chi connectivity index (χ4v) is 4.20. The number of ether oxygens (including phenoxy) is 2. The van der Waals surface area contributed by atoms with Crippen LogP contribution in [0.3, 0.4) is 0 Å². The second kappa shape index (κ2) is 9.02. The highest BCUT2D eigenvalue weighted by Gasteiger charge is 2.43. The predicted octanol–water partition coefficient (Wildman–Crippen LogP) is 4.33. The van der Waals surface area contributed by atoms with Gasteiger partial charge in [-0.05, 0) is 66.4 Å². The van der Waals surface area contributed by atoms with Crippen molar-refractivity contribution in [2.75, 3.05) is 13.7 Å². The van der Waals surface area contributed by atoms with Gasteiger partial charge in [0.05, 0.1) is 19.3 Å². The fourth-order valence-electron chi connectivity index (χ4n) is 4.20. The lowest BCUT2D eigenvalue weighted by atomic mass is 9.80. The van der Waals surface area contributed by atoms with Crippen molar-refractivity contribution in [2.24, 2.45) is 0 Å². The van der Waals surface area contributed by atoms with Crippen LogP contribution in [0.2, 0.25) is 0 Å². The first-order chi connectivity index (χ1) is 15.9. The molecule has 1 aromatic heterocycles. The maximum Gasteiger partial charge on any atom is 0.338 e. The maximum absolute atomic E-state index is 14.6. The highest BCUT2D eigenvalue weighted by molar-refractivity contribution is 5.98. The first-order valence-corrected chi connectivity index (χ1v) is 10.8. The second-order valence-electron chi connectivity index (χ2n) is 7.99. The lowest BCUT2D eigenvalue weighted by Crippen LogP contribution is -2.50. The largest absolute Gasteiger partial charge is 0.491 e. The van der Waals surface area contributed by atoms with Gasteiger partial charge in [0, 0.05) is 18.2 Å². The Morgan fingerprint density at radius 3 is 2.76 bits per heavy atom. The van der Waals surface area contributed by atoms with Gasteiger partial charge < -0.3 is 14.8 Å². The number of hydrogen-bond acceptors (Lipinski definition) is 5. The standard InChI is InChI=1S/C26H25FN2O4/c1-4-17-14-18(8-10-20(17)25(31)32-3)24(30)29-26(19-9-7-16(2)21(27)15-19)11-13-33-22-6-5-12-28-23(22)26/h5-10,12,14-15H,4,11,13H2,1-3H3,(H,29,30)/t26-/m0/s1. The number of esters is 1. The Morgan fingerprint density at radius 2 is 2.03 bits per heavy atom. The summed E-state index contributed by atoms with van der Waals surface area (Å²) < 4.78 is 25.2. The zero-order chi connectivity index (χ0) is 23.6. The first-order valence-electron chi connectivity index (χ1n) is 10.8. The molecule has 0 aliphatic carbocycles. The van der Waals surface area contributed by atoms with Gasteiger partial charge in [-0.15, -0.1) is 0 Å². The quantitative estimate of drug-likeness (QED) is 0.588. The van der Waals surface area contributed by atoms with E-state index in [0.29, 0.717) is 58.7 Å². The number of hydrogen-bond donors (Lipinski definition) is 1. The smallest absolute Gasteiger partial charge is 0.338 e. The van der Waals surface area contributed by atoms with Gasteiger partial charge in [-0.3, -0.25) is 9.78 Å². The molecule has 4 rings (SSSR count). The number of aryl methyl sites for hydroxylation is 2. The summed E-state index contributed by atoms with van der Waals surface area (Å²) in [6, 6.07) is 13.3. The molecule has 1 amide bonds. The van der Waals surface area contributed by atoms with E-state index in [1.165, 1.54) is 13.2 Å². The Hall–Kier alpha value is -3.74. The summed E-state index contributed by atoms with van der Waals surface area (Å²) in [5.41, 5.74) is 2.06. The monoisotopic (exact) mass is 448 g/mol. The molecule has 2 heterocycles. The van der Waals surface area contributed by atoms with Crippen LogP contribution in [-0.2, 0) is 16.7 Å². The highest BCUT2D eigenvalue weighted by atomic mass is 19.1. The molecule has 0 saturated heterocycles. The Labute approximate surface area is 191 Å². The van der Waals surface area contributed by atoms with E-state index in [2.05, 4.69) is 10.3 Å². The molecule has 0 radical (unpaired) electrons. The molecule has 0 fully saturated rings. The van der Waals surface area contributed by atoms with Crippen molar-refractivity contribution in [3.8, 4) is 5.75 Å². The van der Waals surface area contributed by atoms with Gasteiger partial charge in [-0.2, -0.15) is 0 Å². The van der Waals surface area contributed by atoms with E-state index in [1.807, 2.05) is 6.92 Å². The Morgan fingerprint density at radius 1 is 1.21 bits per heavy atom. The summed E-state index contributed by atoms with van der Waals surface area (Å²) in [6.07, 6.45) is 2.56. The number of carbonyl (C=O) groups excluding carboxylic acids is 2. The molecule has 0 spiro atoms. The average molecular weight is 448 g/mol. The van der Waals surface area contributed by atoms with Gasteiger partial charge in [-0.25, -0.2) is 9.18 Å². The Bertz CT molecular complexity index is 1230. The summed E-state index contributed by atoms with van der Waals surface area (Å²) in [5.74, 6) is -0.630. The Balaban J connectivity index is 1.80. The van der Waals surface area contributed by atoms with Crippen molar-refractivity contribution < 1.29 is 23.5 Å². The van der Waals surface area contributed by atoms with E-state index >= 15 is 0 Å². The molecule has 1 N–H and O–H groups in total. The minimum atomic E-state index is -1.08. The van der Waals surface area contributed by atoms with Crippen molar-refractivity contribution >= 4 is 11.9 Å². The molecule has 1 aliphatic heterocycles. The highest BCUT2D eigenvalue weighted by Crippen LogP contribution is 2.41. The molecular formula is C26H25FN2O4. The number of nitrogens with one attached hydrogen (secondary N) is 1. The molecule has 3 aromatic rings. The summed E-state index contributed by atoms with van der Waals surface area (Å²) in [7, 11) is 1.32. The van der Waals surface area contributed by atoms with Crippen molar-refractivity contribution in [2.45, 2.75) is 32.2 Å². The lowest BCUT2D eigenvalue weighted by Gasteiger charge is -2.39. The van der Waals surface area contributed by atoms with E-state index in [4.69, 9.17) is 9.47 Å². The third kappa shape index (κ3) is 4.06. The number of carbonyl (C=O) groups is 2. The zero-order valence-electron chi connectivity index (χ0n) is 18.8. The number of fused-ring (bicyclic) bond motifs is 1. The van der Waals surface area contributed by atoms with Crippen LogP contribution in [0.5, 0.6) is 5.75 Å².